The van der Waals surface area contributed by atoms with Crippen molar-refractivity contribution >= 4 is 46.7 Å². The number of amides is 4. The standard InChI is InChI=1S/C29H37Cl2N5O3/c1-19(2)20(3)36(11-10-32-28(39)35-14-12-34(13-15-35)21(4)37)29(18-22-6-5-7-23(30)16-22)25-9-8-24(31)17-26(25)33-27(29)38/h5-9,16-17,19-20H,10-15,18H2,1-4H3,(H,32,39)(H,33,38). The number of nitrogens with zero attached hydrogens (tertiary/aromatic N) is 3. The molecule has 2 aliphatic rings. The number of hydrogen-bond donors (Lipinski definition) is 2. The van der Waals surface area contributed by atoms with Gasteiger partial charge in [-0.2, -0.15) is 0 Å². The molecule has 8 nitrogen and oxygen atoms in total. The van der Waals surface area contributed by atoms with Crippen LogP contribution >= 0.6 is 23.2 Å². The maximum Gasteiger partial charge on any atom is 0.317 e. The molecule has 2 heterocycles. The minimum Gasteiger partial charge on any atom is -0.339 e. The second-order valence-corrected chi connectivity index (χ2v) is 11.6. The highest BCUT2D eigenvalue weighted by atomic mass is 35.5. The van der Waals surface area contributed by atoms with Crippen molar-refractivity contribution in [1.82, 2.24) is 20.0 Å². The first kappa shape index (κ1) is 29.2. The number of benzene rings is 2. The quantitative estimate of drug-likeness (QED) is 0.483. The number of piperazine rings is 1. The number of halogens is 2. The molecule has 1 saturated heterocycles. The molecule has 39 heavy (non-hydrogen) atoms. The van der Waals surface area contributed by atoms with Gasteiger partial charge in [0.25, 0.3) is 0 Å². The number of carbonyl (C=O) groups excluding carboxylic acids is 3. The molecule has 2 aliphatic heterocycles. The molecule has 0 aromatic heterocycles. The number of nitrogens with one attached hydrogen (secondary N) is 2. The van der Waals surface area contributed by atoms with Crippen molar-refractivity contribution in [2.24, 2.45) is 5.92 Å². The smallest absolute Gasteiger partial charge is 0.317 e. The molecular weight excluding hydrogens is 537 g/mol. The number of urea groups is 1. The average Bonchev–Trinajstić information content (AvgIpc) is 3.16. The highest BCUT2D eigenvalue weighted by Gasteiger charge is 2.52. The van der Waals surface area contributed by atoms with Crippen molar-refractivity contribution in [2.45, 2.75) is 45.7 Å². The van der Waals surface area contributed by atoms with Crippen LogP contribution in [0.15, 0.2) is 42.5 Å². The van der Waals surface area contributed by atoms with Crippen LogP contribution in [0, 0.1) is 5.92 Å². The molecule has 0 bridgehead atoms. The van der Waals surface area contributed by atoms with E-state index < -0.39 is 5.54 Å². The molecule has 2 N–H and O–H groups in total. The normalized spacial score (nSPS) is 19.7. The monoisotopic (exact) mass is 573 g/mol. The molecule has 0 spiro atoms. The lowest BCUT2D eigenvalue weighted by molar-refractivity contribution is -0.131. The van der Waals surface area contributed by atoms with Crippen LogP contribution in [0.4, 0.5) is 10.5 Å². The van der Waals surface area contributed by atoms with Gasteiger partial charge < -0.3 is 20.4 Å². The minimum atomic E-state index is -1.02. The largest absolute Gasteiger partial charge is 0.339 e. The van der Waals surface area contributed by atoms with Gasteiger partial charge in [0.05, 0.1) is 0 Å². The Labute approximate surface area is 240 Å². The zero-order chi connectivity index (χ0) is 28.3. The van der Waals surface area contributed by atoms with Crippen molar-refractivity contribution in [3.05, 3.63) is 63.6 Å². The van der Waals surface area contributed by atoms with Gasteiger partial charge in [0.15, 0.2) is 0 Å². The van der Waals surface area contributed by atoms with Crippen LogP contribution in [0.3, 0.4) is 0 Å². The number of anilines is 1. The van der Waals surface area contributed by atoms with E-state index in [1.54, 1.807) is 22.8 Å². The lowest BCUT2D eigenvalue weighted by Gasteiger charge is -2.45. The summed E-state index contributed by atoms with van der Waals surface area (Å²) in [5.41, 5.74) is 1.47. The van der Waals surface area contributed by atoms with Gasteiger partial charge in [-0.3, -0.25) is 14.5 Å². The third kappa shape index (κ3) is 6.18. The molecule has 2 atom stereocenters. The molecule has 210 valence electrons. The van der Waals surface area contributed by atoms with Gasteiger partial charge in [0.2, 0.25) is 11.8 Å². The predicted molar refractivity (Wildman–Crippen MR) is 155 cm³/mol. The fraction of sp³-hybridized carbons (Fsp3) is 0.483. The van der Waals surface area contributed by atoms with E-state index in [4.69, 9.17) is 23.2 Å². The second kappa shape index (κ2) is 12.1. The Morgan fingerprint density at radius 1 is 1.03 bits per heavy atom. The van der Waals surface area contributed by atoms with Crippen LogP contribution < -0.4 is 10.6 Å². The Morgan fingerprint density at radius 3 is 2.33 bits per heavy atom. The maximum absolute atomic E-state index is 14.0. The fourth-order valence-electron chi connectivity index (χ4n) is 5.55. The average molecular weight is 575 g/mol. The van der Waals surface area contributed by atoms with Crippen LogP contribution in [-0.2, 0) is 21.5 Å². The maximum atomic E-state index is 14.0. The summed E-state index contributed by atoms with van der Waals surface area (Å²) in [6.45, 7) is 10.8. The van der Waals surface area contributed by atoms with E-state index in [1.807, 2.05) is 36.4 Å². The van der Waals surface area contributed by atoms with E-state index in [1.165, 1.54) is 0 Å². The Kier molecular flexibility index (Phi) is 9.09. The van der Waals surface area contributed by atoms with Crippen LogP contribution in [0.1, 0.15) is 38.8 Å². The van der Waals surface area contributed by atoms with Gasteiger partial charge in [-0.05, 0) is 42.7 Å². The first-order valence-corrected chi connectivity index (χ1v) is 14.2. The Morgan fingerprint density at radius 2 is 1.69 bits per heavy atom. The lowest BCUT2D eigenvalue weighted by atomic mass is 9.81. The number of fused-ring (bicyclic) bond motifs is 1. The summed E-state index contributed by atoms with van der Waals surface area (Å²) in [5.74, 6) is 0.134. The third-order valence-electron chi connectivity index (χ3n) is 7.99. The number of hydrogen-bond acceptors (Lipinski definition) is 4. The van der Waals surface area contributed by atoms with Crippen molar-refractivity contribution in [1.29, 1.82) is 0 Å². The fourth-order valence-corrected chi connectivity index (χ4v) is 5.94. The van der Waals surface area contributed by atoms with Crippen molar-refractivity contribution in [3.63, 3.8) is 0 Å². The molecule has 1 fully saturated rings. The predicted octanol–water partition coefficient (Wildman–Crippen LogP) is 4.60. The van der Waals surface area contributed by atoms with Gasteiger partial charge in [0.1, 0.15) is 5.54 Å². The molecule has 2 unspecified atom stereocenters. The molecule has 4 amide bonds. The van der Waals surface area contributed by atoms with E-state index in [0.29, 0.717) is 61.4 Å². The summed E-state index contributed by atoms with van der Waals surface area (Å²) in [7, 11) is 0. The first-order valence-electron chi connectivity index (χ1n) is 13.4. The first-order chi connectivity index (χ1) is 18.5. The molecule has 4 rings (SSSR count). The summed E-state index contributed by atoms with van der Waals surface area (Å²) in [5, 5.41) is 7.29. The van der Waals surface area contributed by atoms with Gasteiger partial charge in [0, 0.05) is 80.0 Å². The lowest BCUT2D eigenvalue weighted by Crippen LogP contribution is -2.59. The molecular formula is C29H37Cl2N5O3. The second-order valence-electron chi connectivity index (χ2n) is 10.7. The molecule has 2 aromatic carbocycles. The van der Waals surface area contributed by atoms with E-state index in [9.17, 15) is 14.4 Å². The van der Waals surface area contributed by atoms with Gasteiger partial charge in [-0.1, -0.05) is 55.2 Å². The summed E-state index contributed by atoms with van der Waals surface area (Å²) in [4.78, 5) is 44.3. The van der Waals surface area contributed by atoms with Crippen LogP contribution in [0.5, 0.6) is 0 Å². The van der Waals surface area contributed by atoms with Gasteiger partial charge >= 0.3 is 6.03 Å². The third-order valence-corrected chi connectivity index (χ3v) is 8.46. The Balaban J connectivity index is 1.62. The molecule has 2 aromatic rings. The van der Waals surface area contributed by atoms with Crippen LogP contribution in [-0.4, -0.2) is 77.9 Å². The highest BCUT2D eigenvalue weighted by molar-refractivity contribution is 6.31. The minimum absolute atomic E-state index is 0.00701. The van der Waals surface area contributed by atoms with E-state index >= 15 is 0 Å². The number of rotatable bonds is 8. The topological polar surface area (TPSA) is 85.0 Å². The molecule has 0 saturated carbocycles. The van der Waals surface area contributed by atoms with Gasteiger partial charge in [-0.15, -0.1) is 0 Å². The van der Waals surface area contributed by atoms with Gasteiger partial charge in [-0.25, -0.2) is 4.79 Å². The summed E-state index contributed by atoms with van der Waals surface area (Å²) in [6.07, 6.45) is 0.409. The summed E-state index contributed by atoms with van der Waals surface area (Å²) >= 11 is 12.6. The molecule has 0 aliphatic carbocycles. The highest BCUT2D eigenvalue weighted by Crippen LogP contribution is 2.45. The van der Waals surface area contributed by atoms with E-state index in [-0.39, 0.29) is 29.8 Å². The van der Waals surface area contributed by atoms with Crippen molar-refractivity contribution < 1.29 is 14.4 Å². The Hall–Kier alpha value is -2.81. The SMILES string of the molecule is CC(=O)N1CCN(C(=O)NCCN(C(C)C(C)C)C2(Cc3cccc(Cl)c3)C(=O)Nc3cc(Cl)ccc32)CC1. The summed E-state index contributed by atoms with van der Waals surface area (Å²) in [6, 6.07) is 13.0. The zero-order valence-corrected chi connectivity index (χ0v) is 24.5. The summed E-state index contributed by atoms with van der Waals surface area (Å²) < 4.78 is 0. The van der Waals surface area contributed by atoms with Crippen LogP contribution in [0.2, 0.25) is 10.0 Å². The molecule has 10 heteroatoms. The Bertz CT molecular complexity index is 1230. The molecule has 0 radical (unpaired) electrons. The van der Waals surface area contributed by atoms with Crippen molar-refractivity contribution in [3.8, 4) is 0 Å². The van der Waals surface area contributed by atoms with Crippen molar-refractivity contribution in [2.75, 3.05) is 44.6 Å². The number of carbonyl (C=O) groups is 3. The van der Waals surface area contributed by atoms with E-state index in [0.717, 1.165) is 11.1 Å². The van der Waals surface area contributed by atoms with E-state index in [2.05, 4.69) is 36.3 Å². The van der Waals surface area contributed by atoms with Crippen LogP contribution in [0.25, 0.3) is 0 Å². The zero-order valence-electron chi connectivity index (χ0n) is 23.0.